The van der Waals surface area contributed by atoms with Gasteiger partial charge in [0.25, 0.3) is 0 Å². The highest BCUT2D eigenvalue weighted by atomic mass is 16.2. The second-order valence-electron chi connectivity index (χ2n) is 5.14. The fourth-order valence-electron chi connectivity index (χ4n) is 2.68. The van der Waals surface area contributed by atoms with E-state index in [0.717, 1.165) is 18.8 Å². The Balaban J connectivity index is 1.80. The number of anilines is 1. The van der Waals surface area contributed by atoms with Gasteiger partial charge in [-0.1, -0.05) is 26.2 Å². The summed E-state index contributed by atoms with van der Waals surface area (Å²) >= 11 is 0. The van der Waals surface area contributed by atoms with Crippen molar-refractivity contribution in [2.24, 2.45) is 5.92 Å². The molecule has 1 saturated carbocycles. The third-order valence-electron chi connectivity index (χ3n) is 3.69. The number of carbonyl (C=O) groups excluding carboxylic acids is 1. The molecule has 0 aliphatic heterocycles. The molecule has 100 valence electrons. The van der Waals surface area contributed by atoms with Gasteiger partial charge in [-0.05, 0) is 24.8 Å². The predicted molar refractivity (Wildman–Crippen MR) is 70.8 cm³/mol. The normalized spacial score (nSPS) is 23.8. The summed E-state index contributed by atoms with van der Waals surface area (Å²) in [7, 11) is 0. The highest BCUT2D eigenvalue weighted by Crippen LogP contribution is 2.26. The van der Waals surface area contributed by atoms with Gasteiger partial charge in [0.05, 0.1) is 0 Å². The van der Waals surface area contributed by atoms with Crippen molar-refractivity contribution in [2.45, 2.75) is 51.6 Å². The fourth-order valence-corrected chi connectivity index (χ4v) is 2.68. The molecule has 2 rings (SSSR count). The molecule has 0 bridgehead atoms. The lowest BCUT2D eigenvalue weighted by atomic mass is 9.84. The minimum absolute atomic E-state index is 0.0276. The molecule has 0 radical (unpaired) electrons. The summed E-state index contributed by atoms with van der Waals surface area (Å²) in [4.78, 5) is 11.9. The SMILES string of the molecule is CCC1CCCC(NC(=O)Cn2ccc(N)n2)C1. The molecule has 1 aliphatic carbocycles. The summed E-state index contributed by atoms with van der Waals surface area (Å²) < 4.78 is 1.57. The largest absolute Gasteiger partial charge is 0.382 e. The standard InChI is InChI=1S/C13H22N4O/c1-2-10-4-3-5-11(8-10)15-13(18)9-17-7-6-12(14)16-17/h6-7,10-11H,2-5,8-9H2,1H3,(H2,14,16)(H,15,18). The minimum atomic E-state index is 0.0276. The summed E-state index contributed by atoms with van der Waals surface area (Å²) in [6.45, 7) is 2.48. The molecule has 0 aromatic carbocycles. The first kappa shape index (κ1) is 12.9. The number of hydrogen-bond donors (Lipinski definition) is 2. The first-order chi connectivity index (χ1) is 8.67. The molecule has 1 amide bonds. The first-order valence-corrected chi connectivity index (χ1v) is 6.75. The van der Waals surface area contributed by atoms with E-state index in [1.807, 2.05) is 0 Å². The summed E-state index contributed by atoms with van der Waals surface area (Å²) in [6.07, 6.45) is 7.68. The van der Waals surface area contributed by atoms with Crippen LogP contribution in [0.25, 0.3) is 0 Å². The zero-order chi connectivity index (χ0) is 13.0. The zero-order valence-electron chi connectivity index (χ0n) is 10.9. The number of aromatic nitrogens is 2. The molecular weight excluding hydrogens is 228 g/mol. The van der Waals surface area contributed by atoms with Gasteiger partial charge >= 0.3 is 0 Å². The van der Waals surface area contributed by atoms with E-state index >= 15 is 0 Å². The molecule has 5 heteroatoms. The molecule has 3 N–H and O–H groups in total. The van der Waals surface area contributed by atoms with Gasteiger partial charge in [0.15, 0.2) is 0 Å². The predicted octanol–water partition coefficient (Wildman–Crippen LogP) is 1.55. The van der Waals surface area contributed by atoms with Gasteiger partial charge in [-0.15, -0.1) is 0 Å². The lowest BCUT2D eigenvalue weighted by molar-refractivity contribution is -0.122. The smallest absolute Gasteiger partial charge is 0.241 e. The topological polar surface area (TPSA) is 72.9 Å². The van der Waals surface area contributed by atoms with Crippen LogP contribution in [0.1, 0.15) is 39.0 Å². The van der Waals surface area contributed by atoms with Crippen LogP contribution in [0, 0.1) is 5.92 Å². The Morgan fingerprint density at radius 2 is 2.44 bits per heavy atom. The average Bonchev–Trinajstić information content (AvgIpc) is 2.74. The van der Waals surface area contributed by atoms with Crippen LogP contribution in [0.4, 0.5) is 5.82 Å². The van der Waals surface area contributed by atoms with Crippen LogP contribution in [0.15, 0.2) is 12.3 Å². The molecule has 1 aromatic rings. The highest BCUT2D eigenvalue weighted by Gasteiger charge is 2.22. The molecule has 18 heavy (non-hydrogen) atoms. The Bertz CT molecular complexity index is 401. The summed E-state index contributed by atoms with van der Waals surface area (Å²) in [5.41, 5.74) is 5.51. The third-order valence-corrected chi connectivity index (χ3v) is 3.69. The van der Waals surface area contributed by atoms with E-state index in [-0.39, 0.29) is 12.5 Å². The van der Waals surface area contributed by atoms with Gasteiger partial charge in [0.2, 0.25) is 5.91 Å². The highest BCUT2D eigenvalue weighted by molar-refractivity contribution is 5.76. The van der Waals surface area contributed by atoms with E-state index in [1.165, 1.54) is 19.3 Å². The lowest BCUT2D eigenvalue weighted by Gasteiger charge is -2.29. The second-order valence-corrected chi connectivity index (χ2v) is 5.14. The number of hydrogen-bond acceptors (Lipinski definition) is 3. The molecule has 0 spiro atoms. The fraction of sp³-hybridized carbons (Fsp3) is 0.692. The molecule has 0 saturated heterocycles. The number of amides is 1. The first-order valence-electron chi connectivity index (χ1n) is 6.75. The Morgan fingerprint density at radius 3 is 3.11 bits per heavy atom. The van der Waals surface area contributed by atoms with Crippen LogP contribution in [0.5, 0.6) is 0 Å². The second kappa shape index (κ2) is 5.89. The number of rotatable bonds is 4. The Hall–Kier alpha value is -1.52. The van der Waals surface area contributed by atoms with Crippen molar-refractivity contribution in [3.8, 4) is 0 Å². The maximum atomic E-state index is 11.9. The lowest BCUT2D eigenvalue weighted by Crippen LogP contribution is -2.40. The maximum absolute atomic E-state index is 11.9. The van der Waals surface area contributed by atoms with Crippen molar-refractivity contribution in [3.05, 3.63) is 12.3 Å². The van der Waals surface area contributed by atoms with E-state index in [9.17, 15) is 4.79 Å². The van der Waals surface area contributed by atoms with E-state index in [1.54, 1.807) is 16.9 Å². The van der Waals surface area contributed by atoms with E-state index < -0.39 is 0 Å². The Kier molecular flexibility index (Phi) is 4.23. The molecule has 1 heterocycles. The van der Waals surface area contributed by atoms with Crippen molar-refractivity contribution in [3.63, 3.8) is 0 Å². The van der Waals surface area contributed by atoms with Crippen LogP contribution in [0.2, 0.25) is 0 Å². The van der Waals surface area contributed by atoms with Crippen molar-refractivity contribution < 1.29 is 4.79 Å². The van der Waals surface area contributed by atoms with Gasteiger partial charge in [0.1, 0.15) is 12.4 Å². The number of nitrogens with two attached hydrogens (primary N) is 1. The quantitative estimate of drug-likeness (QED) is 0.851. The number of carbonyl (C=O) groups is 1. The number of nitrogens with one attached hydrogen (secondary N) is 1. The van der Waals surface area contributed by atoms with Crippen LogP contribution >= 0.6 is 0 Å². The molecule has 2 atom stereocenters. The van der Waals surface area contributed by atoms with E-state index in [2.05, 4.69) is 17.3 Å². The Morgan fingerprint density at radius 1 is 1.61 bits per heavy atom. The van der Waals surface area contributed by atoms with Crippen LogP contribution in [0.3, 0.4) is 0 Å². The minimum Gasteiger partial charge on any atom is -0.382 e. The number of nitrogens with zero attached hydrogens (tertiary/aromatic N) is 2. The van der Waals surface area contributed by atoms with Crippen LogP contribution < -0.4 is 11.1 Å². The Labute approximate surface area is 108 Å². The molecule has 1 aliphatic rings. The summed E-state index contributed by atoms with van der Waals surface area (Å²) in [5.74, 6) is 1.25. The van der Waals surface area contributed by atoms with Crippen molar-refractivity contribution in [1.82, 2.24) is 15.1 Å². The van der Waals surface area contributed by atoms with Crippen molar-refractivity contribution in [1.29, 1.82) is 0 Å². The van der Waals surface area contributed by atoms with Crippen LogP contribution in [-0.2, 0) is 11.3 Å². The van der Waals surface area contributed by atoms with E-state index in [0.29, 0.717) is 11.9 Å². The third kappa shape index (κ3) is 3.48. The van der Waals surface area contributed by atoms with Gasteiger partial charge in [0, 0.05) is 12.2 Å². The average molecular weight is 250 g/mol. The monoisotopic (exact) mass is 250 g/mol. The van der Waals surface area contributed by atoms with Gasteiger partial charge < -0.3 is 11.1 Å². The molecule has 2 unspecified atom stereocenters. The maximum Gasteiger partial charge on any atom is 0.241 e. The summed E-state index contributed by atoms with van der Waals surface area (Å²) in [5, 5.41) is 7.11. The van der Waals surface area contributed by atoms with Gasteiger partial charge in [-0.25, -0.2) is 0 Å². The van der Waals surface area contributed by atoms with Gasteiger partial charge in [-0.2, -0.15) is 5.10 Å². The molecule has 1 aromatic heterocycles. The zero-order valence-corrected chi connectivity index (χ0v) is 10.9. The van der Waals surface area contributed by atoms with Gasteiger partial charge in [-0.3, -0.25) is 9.48 Å². The molecule has 5 nitrogen and oxygen atoms in total. The van der Waals surface area contributed by atoms with Crippen molar-refractivity contribution >= 4 is 11.7 Å². The number of nitrogen functional groups attached to an aromatic ring is 1. The molecular formula is C13H22N4O. The molecule has 1 fully saturated rings. The van der Waals surface area contributed by atoms with Crippen LogP contribution in [-0.4, -0.2) is 21.7 Å². The summed E-state index contributed by atoms with van der Waals surface area (Å²) in [6, 6.07) is 2.03. The van der Waals surface area contributed by atoms with E-state index in [4.69, 9.17) is 5.73 Å². The van der Waals surface area contributed by atoms with Crippen molar-refractivity contribution in [2.75, 3.05) is 5.73 Å².